The number of aromatic nitrogens is 5. The van der Waals surface area contributed by atoms with E-state index >= 15 is 0 Å². The molecule has 0 unspecified atom stereocenters. The highest BCUT2D eigenvalue weighted by molar-refractivity contribution is 6.12. The van der Waals surface area contributed by atoms with Gasteiger partial charge in [0.2, 0.25) is 0 Å². The molecule has 0 saturated carbocycles. The Balaban J connectivity index is 1.16. The Morgan fingerprint density at radius 3 is 1.35 bits per heavy atom. The van der Waals surface area contributed by atoms with Crippen LogP contribution < -0.4 is 0 Å². The first-order valence-electron chi connectivity index (χ1n) is 23.3. The summed E-state index contributed by atoms with van der Waals surface area (Å²) in [6, 6.07) is 82.0. The molecule has 12 aromatic rings. The first-order chi connectivity index (χ1) is 35.1. The lowest BCUT2D eigenvalue weighted by atomic mass is 9.97. The zero-order valence-corrected chi connectivity index (χ0v) is 38.1. The van der Waals surface area contributed by atoms with E-state index in [1.807, 2.05) is 133 Å². The summed E-state index contributed by atoms with van der Waals surface area (Å²) in [5.74, 6) is 1.17. The first kappa shape index (κ1) is 42.3. The van der Waals surface area contributed by atoms with Crippen LogP contribution in [0.25, 0.3) is 122 Å². The molecule has 0 spiro atoms. The fourth-order valence-corrected chi connectivity index (χ4v) is 9.49. The zero-order chi connectivity index (χ0) is 47.7. The third-order valence-corrected chi connectivity index (χ3v) is 12.9. The van der Waals surface area contributed by atoms with Crippen LogP contribution in [0.2, 0.25) is 0 Å². The molecule has 0 saturated heterocycles. The van der Waals surface area contributed by atoms with E-state index in [2.05, 4.69) is 119 Å². The van der Waals surface area contributed by atoms with Crippen molar-refractivity contribution >= 4 is 27.5 Å². The van der Waals surface area contributed by atoms with Gasteiger partial charge >= 0.3 is 0 Å². The first-order valence-corrected chi connectivity index (χ1v) is 23.3. The predicted molar refractivity (Wildman–Crippen MR) is 286 cm³/mol. The van der Waals surface area contributed by atoms with Crippen LogP contribution in [0.5, 0.6) is 0 Å². The summed E-state index contributed by atoms with van der Waals surface area (Å²) >= 11 is 0. The Morgan fingerprint density at radius 2 is 0.803 bits per heavy atom. The van der Waals surface area contributed by atoms with E-state index < -0.39 is 0 Å². The smallest absolute Gasteiger partial charge is 0.194 e. The van der Waals surface area contributed by atoms with E-state index in [0.29, 0.717) is 28.6 Å². The van der Waals surface area contributed by atoms with Crippen molar-refractivity contribution < 1.29 is 0 Å². The minimum Gasteiger partial charge on any atom is -0.309 e. The van der Waals surface area contributed by atoms with E-state index in [-0.39, 0.29) is 0 Å². The average molecular weight is 906 g/mol. The molecule has 71 heavy (non-hydrogen) atoms. The van der Waals surface area contributed by atoms with Crippen LogP contribution in [0.4, 0.5) is 5.69 Å². The van der Waals surface area contributed by atoms with Gasteiger partial charge < -0.3 is 4.57 Å². The molecule has 0 atom stereocenters. The number of fused-ring (bicyclic) bond motifs is 3. The van der Waals surface area contributed by atoms with Crippen molar-refractivity contribution in [2.75, 3.05) is 0 Å². The Bertz CT molecular complexity index is 3830. The molecule has 0 amide bonds. The van der Waals surface area contributed by atoms with E-state index in [9.17, 15) is 5.26 Å². The van der Waals surface area contributed by atoms with Gasteiger partial charge in [0.1, 0.15) is 0 Å². The maximum atomic E-state index is 10.2. The molecule has 3 heterocycles. The van der Waals surface area contributed by atoms with Crippen LogP contribution in [0.1, 0.15) is 5.56 Å². The van der Waals surface area contributed by atoms with Crippen molar-refractivity contribution in [3.05, 3.63) is 254 Å². The molecule has 0 aliphatic rings. The fraction of sp³-hybridized carbons (Fsp3) is 0. The van der Waals surface area contributed by atoms with Crippen molar-refractivity contribution in [2.24, 2.45) is 0 Å². The third-order valence-electron chi connectivity index (χ3n) is 12.9. The number of hydrogen-bond donors (Lipinski definition) is 0. The predicted octanol–water partition coefficient (Wildman–Crippen LogP) is 16.1. The minimum atomic E-state index is 0.574. The van der Waals surface area contributed by atoms with E-state index in [4.69, 9.17) is 26.5 Å². The summed E-state index contributed by atoms with van der Waals surface area (Å²) in [5, 5.41) is 12.2. The van der Waals surface area contributed by atoms with Gasteiger partial charge in [0, 0.05) is 44.2 Å². The molecule has 330 valence electrons. The average Bonchev–Trinajstić information content (AvgIpc) is 3.78. The maximum Gasteiger partial charge on any atom is 0.194 e. The molecular formula is C64H39N7. The van der Waals surface area contributed by atoms with Crippen molar-refractivity contribution in [1.82, 2.24) is 24.5 Å². The van der Waals surface area contributed by atoms with Crippen molar-refractivity contribution in [1.29, 1.82) is 5.26 Å². The Kier molecular flexibility index (Phi) is 10.8. The molecule has 9 aromatic carbocycles. The summed E-state index contributed by atoms with van der Waals surface area (Å²) in [4.78, 5) is 25.0. The molecule has 7 heteroatoms. The highest BCUT2D eigenvalue weighted by Gasteiger charge is 2.22. The van der Waals surface area contributed by atoms with Gasteiger partial charge in [0.15, 0.2) is 17.3 Å². The van der Waals surface area contributed by atoms with Crippen molar-refractivity contribution in [3.8, 4) is 102 Å². The number of nitriles is 1. The normalized spacial score (nSPS) is 11.1. The summed E-state index contributed by atoms with van der Waals surface area (Å²) in [5.41, 5.74) is 16.2. The number of para-hydroxylation sites is 1. The molecule has 3 aromatic heterocycles. The Hall–Kier alpha value is -10.1. The van der Waals surface area contributed by atoms with Crippen molar-refractivity contribution in [2.45, 2.75) is 0 Å². The SMILES string of the molecule is [C-]#[N+]c1ccccc1-c1ccc2c(c1)c1cc(-c3ccccc3C#N)ccc1n2-c1ccc(-c2nc(-c3ccccc3)cc(-c3ccccc3)n2)cc1-c1cc(-c2ccccc2)nc(-c2ccccc2)n1. The minimum absolute atomic E-state index is 0.574. The van der Waals surface area contributed by atoms with Crippen LogP contribution in [0.15, 0.2) is 237 Å². The molecule has 0 aliphatic heterocycles. The molecule has 7 nitrogen and oxygen atoms in total. The van der Waals surface area contributed by atoms with Crippen molar-refractivity contribution in [3.63, 3.8) is 0 Å². The third kappa shape index (κ3) is 7.96. The zero-order valence-electron chi connectivity index (χ0n) is 38.1. The van der Waals surface area contributed by atoms with Crippen LogP contribution in [0, 0.1) is 17.9 Å². The lowest BCUT2D eigenvalue weighted by Crippen LogP contribution is -2.02. The molecule has 0 N–H and O–H groups in total. The highest BCUT2D eigenvalue weighted by atomic mass is 15.0. The number of rotatable bonds is 9. The van der Waals surface area contributed by atoms with Crippen LogP contribution in [-0.4, -0.2) is 24.5 Å². The standard InChI is InChI=1S/C64H39N7/c1-66-55-29-17-16-28-51(55)47-31-34-61-53(37-47)52-36-46(50-27-15-14-26-49(50)41-65)30-33-60(52)71(61)62-35-32-48(64-68-56(42-18-6-2-7-19-42)39-57(69-64)43-20-8-3-9-21-43)38-54(62)59-40-58(44-22-10-4-11-23-44)67-63(70-59)45-24-12-5-13-25-45/h2-40H. The van der Waals surface area contributed by atoms with Gasteiger partial charge in [-0.3, -0.25) is 0 Å². The summed E-state index contributed by atoms with van der Waals surface area (Å²) in [6.45, 7) is 8.02. The molecule has 0 bridgehead atoms. The van der Waals surface area contributed by atoms with E-state index in [1.54, 1.807) is 0 Å². The van der Waals surface area contributed by atoms with Gasteiger partial charge in [0.25, 0.3) is 0 Å². The van der Waals surface area contributed by atoms with Gasteiger partial charge in [-0.15, -0.1) is 0 Å². The van der Waals surface area contributed by atoms with E-state index in [0.717, 1.165) is 100 Å². The summed E-state index contributed by atoms with van der Waals surface area (Å²) in [7, 11) is 0. The number of nitrogens with zero attached hydrogens (tertiary/aromatic N) is 7. The second-order valence-corrected chi connectivity index (χ2v) is 17.2. The van der Waals surface area contributed by atoms with Gasteiger partial charge in [0.05, 0.1) is 57.7 Å². The van der Waals surface area contributed by atoms with E-state index in [1.165, 1.54) is 0 Å². The maximum absolute atomic E-state index is 10.2. The molecule has 0 aliphatic carbocycles. The second-order valence-electron chi connectivity index (χ2n) is 17.2. The Labute approximate surface area is 410 Å². The molecule has 0 fully saturated rings. The van der Waals surface area contributed by atoms with Crippen LogP contribution >= 0.6 is 0 Å². The molecular weight excluding hydrogens is 867 g/mol. The second kappa shape index (κ2) is 18.2. The summed E-state index contributed by atoms with van der Waals surface area (Å²) in [6.07, 6.45) is 0. The highest BCUT2D eigenvalue weighted by Crippen LogP contribution is 2.43. The van der Waals surface area contributed by atoms with Gasteiger partial charge in [-0.25, -0.2) is 24.8 Å². The number of benzene rings is 9. The quantitative estimate of drug-likeness (QED) is 0.135. The topological polar surface area (TPSA) is 84.6 Å². The molecule has 12 rings (SSSR count). The van der Waals surface area contributed by atoms with Gasteiger partial charge in [-0.1, -0.05) is 176 Å². The van der Waals surface area contributed by atoms with Gasteiger partial charge in [-0.05, 0) is 82.9 Å². The van der Waals surface area contributed by atoms with Crippen LogP contribution in [0.3, 0.4) is 0 Å². The monoisotopic (exact) mass is 905 g/mol. The van der Waals surface area contributed by atoms with Gasteiger partial charge in [-0.2, -0.15) is 5.26 Å². The molecule has 0 radical (unpaired) electrons. The lowest BCUT2D eigenvalue weighted by molar-refractivity contribution is 1.14. The Morgan fingerprint density at radius 1 is 0.366 bits per heavy atom. The summed E-state index contributed by atoms with van der Waals surface area (Å²) < 4.78 is 2.30. The number of hydrogen-bond acceptors (Lipinski definition) is 5. The largest absolute Gasteiger partial charge is 0.309 e. The lowest BCUT2D eigenvalue weighted by Gasteiger charge is -2.17. The fourth-order valence-electron chi connectivity index (χ4n) is 9.49. The van der Waals surface area contributed by atoms with Crippen LogP contribution in [-0.2, 0) is 0 Å².